The van der Waals surface area contributed by atoms with Gasteiger partial charge in [-0.1, -0.05) is 107 Å². The van der Waals surface area contributed by atoms with Gasteiger partial charge in [0.2, 0.25) is 0 Å². The molecule has 0 spiro atoms. The van der Waals surface area contributed by atoms with Crippen molar-refractivity contribution in [2.24, 2.45) is 0 Å². The largest absolute Gasteiger partial charge is 0.496 e. The number of hydrogen-bond acceptors (Lipinski definition) is 8. The monoisotopic (exact) mass is 853 g/mol. The molecule has 0 unspecified atom stereocenters. The van der Waals surface area contributed by atoms with Crippen LogP contribution in [-0.2, 0) is 79.9 Å². The topological polar surface area (TPSA) is 73.8 Å². The Morgan fingerprint density at radius 3 is 0.645 bits per heavy atom. The van der Waals surface area contributed by atoms with E-state index in [1.54, 1.807) is 28.4 Å². The Balaban J connectivity index is 1.59. The van der Waals surface area contributed by atoms with E-state index in [0.717, 1.165) is 67.5 Å². The summed E-state index contributed by atoms with van der Waals surface area (Å²) in [5.74, 6) is 3.30. The van der Waals surface area contributed by atoms with Crippen LogP contribution >= 0.6 is 0 Å². The van der Waals surface area contributed by atoms with E-state index in [9.17, 15) is 0 Å². The molecule has 1 aliphatic heterocycles. The van der Waals surface area contributed by atoms with Crippen LogP contribution in [0.3, 0.4) is 0 Å². The smallest absolute Gasteiger partial charge is 0.127 e. The lowest BCUT2D eigenvalue weighted by molar-refractivity contribution is 0.0326. The lowest BCUT2D eigenvalue weighted by atomic mass is 9.82. The van der Waals surface area contributed by atoms with Gasteiger partial charge in [0, 0.05) is 35.1 Å². The van der Waals surface area contributed by atoms with Gasteiger partial charge in [0.1, 0.15) is 23.0 Å². The second-order valence-electron chi connectivity index (χ2n) is 20.9. The van der Waals surface area contributed by atoms with E-state index in [1.807, 2.05) is 0 Å². The van der Waals surface area contributed by atoms with E-state index in [4.69, 9.17) is 37.9 Å². The number of methoxy groups -OCH3 is 4. The molecule has 0 amide bonds. The van der Waals surface area contributed by atoms with Crippen LogP contribution in [0.4, 0.5) is 0 Å². The molecule has 1 heterocycles. The molecule has 62 heavy (non-hydrogen) atoms. The maximum absolute atomic E-state index is 6.37. The zero-order valence-corrected chi connectivity index (χ0v) is 41.0. The van der Waals surface area contributed by atoms with Crippen LogP contribution in [0, 0.1) is 0 Å². The van der Waals surface area contributed by atoms with Gasteiger partial charge < -0.3 is 37.9 Å². The minimum Gasteiger partial charge on any atom is -0.496 e. The molecular weight excluding hydrogens is 777 g/mol. The molecule has 0 radical (unpaired) electrons. The molecule has 0 atom stereocenters. The van der Waals surface area contributed by atoms with Crippen molar-refractivity contribution in [1.82, 2.24) is 0 Å². The molecule has 340 valence electrons. The molecule has 5 rings (SSSR count). The number of ether oxygens (including phenoxy) is 8. The first-order valence-corrected chi connectivity index (χ1v) is 22.2. The quantitative estimate of drug-likeness (QED) is 0.201. The summed E-state index contributed by atoms with van der Waals surface area (Å²) in [7, 11) is 6.98. The third-order valence-electron chi connectivity index (χ3n) is 11.8. The highest BCUT2D eigenvalue weighted by molar-refractivity contribution is 5.55. The van der Waals surface area contributed by atoms with E-state index in [0.29, 0.717) is 65.7 Å². The zero-order chi connectivity index (χ0) is 45.6. The highest BCUT2D eigenvalue weighted by Gasteiger charge is 2.26. The fourth-order valence-electron chi connectivity index (χ4n) is 8.13. The van der Waals surface area contributed by atoms with Crippen molar-refractivity contribution in [3.8, 4) is 23.0 Å². The van der Waals surface area contributed by atoms with Gasteiger partial charge in [0.15, 0.2) is 0 Å². The lowest BCUT2D eigenvalue weighted by Gasteiger charge is -2.26. The van der Waals surface area contributed by atoms with Crippen molar-refractivity contribution in [3.05, 3.63) is 115 Å². The highest BCUT2D eigenvalue weighted by atomic mass is 16.5. The Kier molecular flexibility index (Phi) is 15.9. The Hall–Kier alpha value is -4.08. The van der Waals surface area contributed by atoms with E-state index in [1.165, 1.54) is 22.3 Å². The third-order valence-corrected chi connectivity index (χ3v) is 11.8. The first-order valence-electron chi connectivity index (χ1n) is 22.2. The number of fused-ring (bicyclic) bond motifs is 8. The van der Waals surface area contributed by atoms with Crippen LogP contribution in [0.25, 0.3) is 0 Å². The summed E-state index contributed by atoms with van der Waals surface area (Å²) < 4.78 is 50.3. The van der Waals surface area contributed by atoms with Gasteiger partial charge in [-0.3, -0.25) is 0 Å². The Bertz CT molecular complexity index is 1830. The summed E-state index contributed by atoms with van der Waals surface area (Å²) in [6, 6.07) is 18.0. The van der Waals surface area contributed by atoms with Gasteiger partial charge in [0.05, 0.1) is 81.3 Å². The molecule has 1 aliphatic rings. The third kappa shape index (κ3) is 12.1. The van der Waals surface area contributed by atoms with Crippen molar-refractivity contribution in [1.29, 1.82) is 0 Å². The van der Waals surface area contributed by atoms with Gasteiger partial charge in [-0.2, -0.15) is 0 Å². The summed E-state index contributed by atoms with van der Waals surface area (Å²) in [6.45, 7) is 30.1. The zero-order valence-electron chi connectivity index (χ0n) is 41.0. The number of hydrogen-bond donors (Lipinski definition) is 0. The molecule has 0 saturated heterocycles. The first kappa shape index (κ1) is 48.9. The Morgan fingerprint density at radius 2 is 0.484 bits per heavy atom. The van der Waals surface area contributed by atoms with Crippen LogP contribution < -0.4 is 18.9 Å². The van der Waals surface area contributed by atoms with Crippen molar-refractivity contribution >= 4 is 0 Å². The van der Waals surface area contributed by atoms with Gasteiger partial charge >= 0.3 is 0 Å². The second kappa shape index (κ2) is 20.2. The molecule has 0 fully saturated rings. The maximum atomic E-state index is 6.37. The van der Waals surface area contributed by atoms with E-state index in [2.05, 4.69) is 132 Å². The second-order valence-corrected chi connectivity index (χ2v) is 20.9. The first-order chi connectivity index (χ1) is 29.1. The van der Waals surface area contributed by atoms with Crippen LogP contribution in [0.5, 0.6) is 23.0 Å². The van der Waals surface area contributed by atoms with Gasteiger partial charge in [-0.25, -0.2) is 0 Å². The van der Waals surface area contributed by atoms with Crippen LogP contribution in [0.2, 0.25) is 0 Å². The van der Waals surface area contributed by atoms with E-state index >= 15 is 0 Å². The molecule has 8 bridgehead atoms. The van der Waals surface area contributed by atoms with Gasteiger partial charge in [-0.05, 0) is 90.4 Å². The molecule has 8 nitrogen and oxygen atoms in total. The normalized spacial score (nSPS) is 15.5. The number of benzene rings is 4. The van der Waals surface area contributed by atoms with E-state index in [-0.39, 0.29) is 21.7 Å². The van der Waals surface area contributed by atoms with Crippen molar-refractivity contribution in [2.75, 3.05) is 54.9 Å². The summed E-state index contributed by atoms with van der Waals surface area (Å²) in [5.41, 5.74) is 12.8. The fourth-order valence-corrected chi connectivity index (χ4v) is 8.13. The molecule has 0 aliphatic carbocycles. The minimum atomic E-state index is -0.0979. The summed E-state index contributed by atoms with van der Waals surface area (Å²) >= 11 is 0. The van der Waals surface area contributed by atoms with Crippen LogP contribution in [0.15, 0.2) is 48.5 Å². The van der Waals surface area contributed by atoms with Crippen molar-refractivity contribution in [2.45, 2.75) is 144 Å². The lowest BCUT2D eigenvalue weighted by Crippen LogP contribution is -2.16. The standard InChI is InChI=1S/C54H76O8/c1-51(2,3)43-23-35-21-36-24-44(52(4,5)6)28-40(48(36)56-14)32-61-19-20-62-34-42-30-46(54(10,11)12)26-38(50(42)58-16)22-37-25-45(53(7,8)9)29-41(49(37)57-15)33-60-18-17-59-31-39(27-43)47(35)55-13/h23-30H,17-22,31-34H2,1-16H3. The summed E-state index contributed by atoms with van der Waals surface area (Å²) in [4.78, 5) is 0. The van der Waals surface area contributed by atoms with Crippen LogP contribution in [-0.4, -0.2) is 54.9 Å². The maximum Gasteiger partial charge on any atom is 0.127 e. The molecular formula is C54H76O8. The Labute approximate surface area is 373 Å². The molecule has 8 heteroatoms. The average molecular weight is 853 g/mol. The number of rotatable bonds is 4. The molecule has 0 saturated carbocycles. The summed E-state index contributed by atoms with van der Waals surface area (Å²) in [6.07, 6.45) is 1.22. The van der Waals surface area contributed by atoms with E-state index < -0.39 is 0 Å². The molecule has 4 aromatic rings. The Morgan fingerprint density at radius 1 is 0.306 bits per heavy atom. The summed E-state index contributed by atoms with van der Waals surface area (Å²) in [5, 5.41) is 0. The predicted molar refractivity (Wildman–Crippen MR) is 251 cm³/mol. The fraction of sp³-hybridized carbons (Fsp3) is 0.556. The highest BCUT2D eigenvalue weighted by Crippen LogP contribution is 2.40. The molecule has 0 aromatic heterocycles. The van der Waals surface area contributed by atoms with Crippen LogP contribution in [0.1, 0.15) is 150 Å². The predicted octanol–water partition coefficient (Wildman–Crippen LogP) is 11.9. The minimum absolute atomic E-state index is 0.0979. The van der Waals surface area contributed by atoms with Crippen molar-refractivity contribution < 1.29 is 37.9 Å². The average Bonchev–Trinajstić information content (AvgIpc) is 3.18. The van der Waals surface area contributed by atoms with Gasteiger partial charge in [-0.15, -0.1) is 0 Å². The SMILES string of the molecule is COc1c2cc(C(C)(C)C)cc1Cc1cc(C(C)(C)C)cc(c1OC)COCCOCc1cc(C(C)(C)C)cc(c1OC)Cc1cc(C(C)(C)C)cc(c1OC)COCCOC2. The molecule has 0 N–H and O–H groups in total. The van der Waals surface area contributed by atoms with Crippen molar-refractivity contribution in [3.63, 3.8) is 0 Å². The van der Waals surface area contributed by atoms with Gasteiger partial charge in [0.25, 0.3) is 0 Å². The molecule has 4 aromatic carbocycles.